The maximum absolute atomic E-state index is 12.9. The molecular weight excluding hydrogens is 218 g/mol. The lowest BCUT2D eigenvalue weighted by atomic mass is 10.1. The first-order valence-corrected chi connectivity index (χ1v) is 3.73. The number of Topliss-reactive ketones (excluding diaryl/α,β-unsaturated/α-hetero) is 1. The minimum atomic E-state index is -1.93. The van der Waals surface area contributed by atoms with Crippen LogP contribution < -0.4 is 0 Å². The zero-order valence-electron chi connectivity index (χ0n) is 6.55. The summed E-state index contributed by atoms with van der Waals surface area (Å²) in [4.78, 5) is 20.9. The number of carboxylic acids is 1. The van der Waals surface area contributed by atoms with Gasteiger partial charge in [-0.1, -0.05) is 11.6 Å². The van der Waals surface area contributed by atoms with Gasteiger partial charge in [0.05, 0.1) is 0 Å². The average Bonchev–Trinajstić information content (AvgIpc) is 2.01. The summed E-state index contributed by atoms with van der Waals surface area (Å²) in [5, 5.41) is 7.99. The van der Waals surface area contributed by atoms with Gasteiger partial charge in [-0.3, -0.25) is 4.79 Å². The van der Waals surface area contributed by atoms with Gasteiger partial charge in [0.2, 0.25) is 0 Å². The van der Waals surface area contributed by atoms with Gasteiger partial charge in [0.1, 0.15) is 17.2 Å². The minimum Gasteiger partial charge on any atom is -0.475 e. The smallest absolute Gasteiger partial charge is 0.377 e. The van der Waals surface area contributed by atoms with Crippen LogP contribution in [-0.2, 0) is 4.79 Å². The fourth-order valence-corrected chi connectivity index (χ4v) is 1.06. The van der Waals surface area contributed by atoms with Crippen molar-refractivity contribution >= 4 is 23.4 Å². The van der Waals surface area contributed by atoms with E-state index >= 15 is 0 Å². The molecule has 0 saturated carbocycles. The number of hydrogen-bond donors (Lipinski definition) is 1. The molecule has 1 rings (SSSR count). The van der Waals surface area contributed by atoms with E-state index in [0.29, 0.717) is 12.1 Å². The molecule has 0 aliphatic heterocycles. The van der Waals surface area contributed by atoms with Crippen LogP contribution >= 0.6 is 11.6 Å². The number of ketones is 1. The highest BCUT2D eigenvalue weighted by Gasteiger charge is 2.23. The van der Waals surface area contributed by atoms with Crippen molar-refractivity contribution < 1.29 is 23.5 Å². The van der Waals surface area contributed by atoms with Crippen molar-refractivity contribution in [1.82, 2.24) is 0 Å². The number of aliphatic carboxylic acids is 1. The molecule has 0 saturated heterocycles. The molecule has 0 radical (unpaired) electrons. The van der Waals surface area contributed by atoms with Gasteiger partial charge in [0.15, 0.2) is 0 Å². The predicted octanol–water partition coefficient (Wildman–Crippen LogP) is 1.89. The van der Waals surface area contributed by atoms with E-state index < -0.39 is 29.0 Å². The van der Waals surface area contributed by atoms with E-state index in [1.165, 1.54) is 0 Å². The predicted molar refractivity (Wildman–Crippen MR) is 43.3 cm³/mol. The highest BCUT2D eigenvalue weighted by molar-refractivity contribution is 6.40. The van der Waals surface area contributed by atoms with Gasteiger partial charge < -0.3 is 5.11 Å². The summed E-state index contributed by atoms with van der Waals surface area (Å²) in [6.07, 6.45) is 0. The molecule has 0 atom stereocenters. The fraction of sp³-hybridized carbons (Fsp3) is 0. The molecule has 0 bridgehead atoms. The Bertz CT molecular complexity index is 394. The Kier molecular flexibility index (Phi) is 2.81. The van der Waals surface area contributed by atoms with Crippen LogP contribution in [0, 0.1) is 11.6 Å². The SMILES string of the molecule is O=C(O)C(=O)c1c(F)cc(Cl)cc1F. The summed E-state index contributed by atoms with van der Waals surface area (Å²) in [6, 6.07) is 1.33. The Labute approximate surface area is 81.9 Å². The largest absolute Gasteiger partial charge is 0.475 e. The van der Waals surface area contributed by atoms with E-state index in [1.54, 1.807) is 0 Å². The van der Waals surface area contributed by atoms with Crippen LogP contribution in [0.3, 0.4) is 0 Å². The van der Waals surface area contributed by atoms with Gasteiger partial charge in [-0.25, -0.2) is 13.6 Å². The number of carbonyl (C=O) groups excluding carboxylic acids is 1. The van der Waals surface area contributed by atoms with E-state index in [9.17, 15) is 18.4 Å². The molecule has 1 N–H and O–H groups in total. The van der Waals surface area contributed by atoms with Gasteiger partial charge in [-0.2, -0.15) is 0 Å². The summed E-state index contributed by atoms with van der Waals surface area (Å²) in [5.74, 6) is -6.15. The molecule has 0 amide bonds. The standard InChI is InChI=1S/C8H3ClF2O3/c9-3-1-4(10)6(5(11)2-3)7(12)8(13)14/h1-2H,(H,13,14). The topological polar surface area (TPSA) is 54.4 Å². The minimum absolute atomic E-state index is 0.248. The van der Waals surface area contributed by atoms with Crippen LogP contribution in [0.25, 0.3) is 0 Å². The molecule has 0 aliphatic rings. The van der Waals surface area contributed by atoms with Crippen LogP contribution in [-0.4, -0.2) is 16.9 Å². The Hall–Kier alpha value is -1.49. The van der Waals surface area contributed by atoms with Gasteiger partial charge in [0, 0.05) is 5.02 Å². The summed E-state index contributed by atoms with van der Waals surface area (Å²) in [5.41, 5.74) is -1.11. The number of rotatable bonds is 2. The summed E-state index contributed by atoms with van der Waals surface area (Å²) >= 11 is 5.27. The normalized spacial score (nSPS) is 9.93. The molecule has 1 aromatic rings. The quantitative estimate of drug-likeness (QED) is 0.612. The van der Waals surface area contributed by atoms with Crippen LogP contribution in [0.15, 0.2) is 12.1 Å². The lowest BCUT2D eigenvalue weighted by Gasteiger charge is -2.00. The number of carboxylic acid groups (broad SMARTS) is 1. The van der Waals surface area contributed by atoms with Gasteiger partial charge in [-0.15, -0.1) is 0 Å². The Morgan fingerprint density at radius 3 is 2.00 bits per heavy atom. The fourth-order valence-electron chi connectivity index (χ4n) is 0.866. The number of halogens is 3. The molecule has 74 valence electrons. The third-order valence-electron chi connectivity index (χ3n) is 1.43. The zero-order chi connectivity index (χ0) is 10.9. The van der Waals surface area contributed by atoms with Gasteiger partial charge in [-0.05, 0) is 12.1 Å². The van der Waals surface area contributed by atoms with E-state index in [2.05, 4.69) is 0 Å². The van der Waals surface area contributed by atoms with Crippen LogP contribution in [0.2, 0.25) is 5.02 Å². The summed E-state index contributed by atoms with van der Waals surface area (Å²) < 4.78 is 25.8. The van der Waals surface area contributed by atoms with Crippen molar-refractivity contribution in [3.05, 3.63) is 34.4 Å². The Morgan fingerprint density at radius 2 is 1.64 bits per heavy atom. The zero-order valence-corrected chi connectivity index (χ0v) is 7.31. The summed E-state index contributed by atoms with van der Waals surface area (Å²) in [6.45, 7) is 0. The van der Waals surface area contributed by atoms with E-state index in [-0.39, 0.29) is 5.02 Å². The molecule has 3 nitrogen and oxygen atoms in total. The molecule has 0 unspecified atom stereocenters. The summed E-state index contributed by atoms with van der Waals surface area (Å²) in [7, 11) is 0. The maximum Gasteiger partial charge on any atom is 0.377 e. The van der Waals surface area contributed by atoms with Crippen molar-refractivity contribution in [1.29, 1.82) is 0 Å². The highest BCUT2D eigenvalue weighted by Crippen LogP contribution is 2.19. The second kappa shape index (κ2) is 3.71. The lowest BCUT2D eigenvalue weighted by Crippen LogP contribution is -2.16. The van der Waals surface area contributed by atoms with Crippen LogP contribution in [0.1, 0.15) is 10.4 Å². The molecule has 14 heavy (non-hydrogen) atoms. The molecule has 0 spiro atoms. The van der Waals surface area contributed by atoms with E-state index in [4.69, 9.17) is 16.7 Å². The second-order valence-electron chi connectivity index (χ2n) is 2.38. The lowest BCUT2D eigenvalue weighted by molar-refractivity contribution is -0.131. The first-order chi connectivity index (χ1) is 6.43. The number of benzene rings is 1. The third kappa shape index (κ3) is 1.88. The molecule has 1 aromatic carbocycles. The molecule has 0 fully saturated rings. The monoisotopic (exact) mass is 220 g/mol. The van der Waals surface area contributed by atoms with E-state index in [0.717, 1.165) is 0 Å². The van der Waals surface area contributed by atoms with Crippen molar-refractivity contribution in [2.75, 3.05) is 0 Å². The van der Waals surface area contributed by atoms with E-state index in [1.807, 2.05) is 0 Å². The maximum atomic E-state index is 12.9. The van der Waals surface area contributed by atoms with Gasteiger partial charge >= 0.3 is 5.97 Å². The average molecular weight is 221 g/mol. The molecule has 0 aromatic heterocycles. The number of carbonyl (C=O) groups is 2. The molecule has 0 aliphatic carbocycles. The second-order valence-corrected chi connectivity index (χ2v) is 2.82. The Morgan fingerprint density at radius 1 is 1.21 bits per heavy atom. The highest BCUT2D eigenvalue weighted by atomic mass is 35.5. The van der Waals surface area contributed by atoms with Crippen molar-refractivity contribution in [2.24, 2.45) is 0 Å². The van der Waals surface area contributed by atoms with Crippen LogP contribution in [0.4, 0.5) is 8.78 Å². The first-order valence-electron chi connectivity index (χ1n) is 3.35. The third-order valence-corrected chi connectivity index (χ3v) is 1.65. The van der Waals surface area contributed by atoms with Gasteiger partial charge in [0.25, 0.3) is 5.78 Å². The van der Waals surface area contributed by atoms with Crippen molar-refractivity contribution in [2.45, 2.75) is 0 Å². The molecule has 6 heteroatoms. The van der Waals surface area contributed by atoms with Crippen LogP contribution in [0.5, 0.6) is 0 Å². The number of hydrogen-bond acceptors (Lipinski definition) is 2. The first kappa shape index (κ1) is 10.6. The molecule has 0 heterocycles. The van der Waals surface area contributed by atoms with Crippen molar-refractivity contribution in [3.8, 4) is 0 Å². The Balaban J connectivity index is 3.35. The molecular formula is C8H3ClF2O3. The van der Waals surface area contributed by atoms with Crippen molar-refractivity contribution in [3.63, 3.8) is 0 Å².